The van der Waals surface area contributed by atoms with Crippen molar-refractivity contribution in [2.45, 2.75) is 18.9 Å². The molecule has 5 rings (SSSR count). The molecule has 1 fully saturated rings. The van der Waals surface area contributed by atoms with E-state index in [2.05, 4.69) is 30.3 Å². The molecule has 1 aliphatic heterocycles. The molecule has 0 radical (unpaired) electrons. The zero-order valence-electron chi connectivity index (χ0n) is 16.8. The lowest BCUT2D eigenvalue weighted by atomic mass is 10.1. The number of benzene rings is 1. The molecule has 3 aromatic heterocycles. The summed E-state index contributed by atoms with van der Waals surface area (Å²) < 4.78 is 1.80. The number of nitrogens with one attached hydrogen (secondary N) is 1. The number of anilines is 1. The molecule has 1 amide bonds. The van der Waals surface area contributed by atoms with Crippen molar-refractivity contribution in [3.63, 3.8) is 0 Å². The van der Waals surface area contributed by atoms with Crippen molar-refractivity contribution in [3.05, 3.63) is 72.3 Å². The molecular weight excluding hydrogens is 410 g/mol. The summed E-state index contributed by atoms with van der Waals surface area (Å²) in [5.41, 5.74) is 2.30. The minimum atomic E-state index is -0.154. The van der Waals surface area contributed by atoms with E-state index in [1.165, 1.54) is 11.3 Å². The summed E-state index contributed by atoms with van der Waals surface area (Å²) in [6.07, 6.45) is 9.07. The van der Waals surface area contributed by atoms with E-state index in [0.717, 1.165) is 35.6 Å². The number of rotatable bonds is 5. The van der Waals surface area contributed by atoms with Gasteiger partial charge in [-0.25, -0.2) is 19.6 Å². The van der Waals surface area contributed by atoms with Gasteiger partial charge in [-0.1, -0.05) is 18.2 Å². The second-order valence-electron chi connectivity index (χ2n) is 7.35. The van der Waals surface area contributed by atoms with Crippen molar-refractivity contribution < 1.29 is 4.79 Å². The molecule has 156 valence electrons. The monoisotopic (exact) mass is 431 g/mol. The van der Waals surface area contributed by atoms with Crippen LogP contribution in [0, 0.1) is 0 Å². The van der Waals surface area contributed by atoms with Gasteiger partial charge in [0.2, 0.25) is 5.95 Å². The van der Waals surface area contributed by atoms with E-state index in [4.69, 9.17) is 0 Å². The lowest BCUT2D eigenvalue weighted by Gasteiger charge is -2.32. The van der Waals surface area contributed by atoms with Crippen molar-refractivity contribution in [1.82, 2.24) is 30.0 Å². The molecule has 0 saturated carbocycles. The first-order valence-corrected chi connectivity index (χ1v) is 11.0. The minimum Gasteiger partial charge on any atom is -0.346 e. The van der Waals surface area contributed by atoms with Crippen LogP contribution in [0.25, 0.3) is 16.3 Å². The van der Waals surface area contributed by atoms with E-state index in [1.54, 1.807) is 34.7 Å². The first-order valence-electron chi connectivity index (χ1n) is 10.1. The summed E-state index contributed by atoms with van der Waals surface area (Å²) in [6.45, 7) is 1.58. The summed E-state index contributed by atoms with van der Waals surface area (Å²) in [5, 5.41) is 10.1. The maximum absolute atomic E-state index is 12.8. The van der Waals surface area contributed by atoms with Gasteiger partial charge in [-0.05, 0) is 31.0 Å². The third-order valence-corrected chi connectivity index (χ3v) is 6.07. The Balaban J connectivity index is 1.25. The second-order valence-corrected chi connectivity index (χ2v) is 8.21. The van der Waals surface area contributed by atoms with Gasteiger partial charge in [0, 0.05) is 48.7 Å². The third kappa shape index (κ3) is 4.31. The number of aromatic nitrogens is 5. The molecule has 1 aliphatic rings. The average molecular weight is 432 g/mol. The van der Waals surface area contributed by atoms with Crippen molar-refractivity contribution in [2.24, 2.45) is 0 Å². The van der Waals surface area contributed by atoms with Crippen LogP contribution in [-0.4, -0.2) is 49.8 Å². The van der Waals surface area contributed by atoms with Crippen molar-refractivity contribution in [3.8, 4) is 16.3 Å². The lowest BCUT2D eigenvalue weighted by molar-refractivity contribution is 0.0928. The van der Waals surface area contributed by atoms with E-state index in [9.17, 15) is 4.79 Å². The van der Waals surface area contributed by atoms with Gasteiger partial charge in [0.25, 0.3) is 5.91 Å². The molecule has 0 spiro atoms. The third-order valence-electron chi connectivity index (χ3n) is 5.18. The highest BCUT2D eigenvalue weighted by molar-refractivity contribution is 7.13. The Bertz CT molecular complexity index is 1160. The van der Waals surface area contributed by atoms with Crippen LogP contribution < -0.4 is 10.2 Å². The standard InChI is InChI=1S/C22H21N7OS/c30-20(26-17-6-4-11-28(14-17)22-23-9-5-10-24-22)19-15-31-21(27-19)16-12-25-29(13-16)18-7-2-1-3-8-18/h1-3,5,7-10,12-13,15,17H,4,6,11,14H2,(H,26,30). The number of carbonyl (C=O) groups excluding carboxylic acids is 1. The largest absolute Gasteiger partial charge is 0.346 e. The van der Waals surface area contributed by atoms with Crippen LogP contribution >= 0.6 is 11.3 Å². The van der Waals surface area contributed by atoms with Crippen LogP contribution in [0.15, 0.2) is 66.6 Å². The van der Waals surface area contributed by atoms with E-state index in [1.807, 2.05) is 36.5 Å². The second kappa shape index (κ2) is 8.65. The van der Waals surface area contributed by atoms with Crippen molar-refractivity contribution >= 4 is 23.2 Å². The van der Waals surface area contributed by atoms with Gasteiger partial charge in [0.05, 0.1) is 11.9 Å². The van der Waals surface area contributed by atoms with Crippen LogP contribution in [0.1, 0.15) is 23.3 Å². The summed E-state index contributed by atoms with van der Waals surface area (Å²) >= 11 is 1.44. The molecule has 31 heavy (non-hydrogen) atoms. The fourth-order valence-corrected chi connectivity index (χ4v) is 4.43. The van der Waals surface area contributed by atoms with E-state index in [0.29, 0.717) is 18.2 Å². The molecule has 1 unspecified atom stereocenters. The Labute approximate surface area is 183 Å². The lowest BCUT2D eigenvalue weighted by Crippen LogP contribution is -2.48. The Morgan fingerprint density at radius 2 is 1.97 bits per heavy atom. The fraction of sp³-hybridized carbons (Fsp3) is 0.227. The van der Waals surface area contributed by atoms with Crippen LogP contribution in [0.2, 0.25) is 0 Å². The number of para-hydroxylation sites is 1. The average Bonchev–Trinajstić information content (AvgIpc) is 3.51. The summed E-state index contributed by atoms with van der Waals surface area (Å²) in [7, 11) is 0. The number of piperidine rings is 1. The molecule has 0 aliphatic carbocycles. The van der Waals surface area contributed by atoms with Crippen molar-refractivity contribution in [2.75, 3.05) is 18.0 Å². The minimum absolute atomic E-state index is 0.0380. The summed E-state index contributed by atoms with van der Waals surface area (Å²) in [6, 6.07) is 11.7. The van der Waals surface area contributed by atoms with Crippen LogP contribution in [-0.2, 0) is 0 Å². The normalized spacial score (nSPS) is 16.3. The number of nitrogens with zero attached hydrogens (tertiary/aromatic N) is 6. The first kappa shape index (κ1) is 19.4. The molecule has 1 atom stereocenters. The number of hydrogen-bond donors (Lipinski definition) is 1. The Hall–Kier alpha value is -3.59. The fourth-order valence-electron chi connectivity index (χ4n) is 3.66. The maximum Gasteiger partial charge on any atom is 0.271 e. The van der Waals surface area contributed by atoms with E-state index >= 15 is 0 Å². The molecule has 8 nitrogen and oxygen atoms in total. The zero-order valence-corrected chi connectivity index (χ0v) is 17.6. The highest BCUT2D eigenvalue weighted by Gasteiger charge is 2.24. The predicted octanol–water partition coefficient (Wildman–Crippen LogP) is 3.18. The molecule has 1 N–H and O–H groups in total. The Morgan fingerprint density at radius 1 is 1.13 bits per heavy atom. The Kier molecular flexibility index (Phi) is 5.40. The van der Waals surface area contributed by atoms with Gasteiger partial charge >= 0.3 is 0 Å². The first-order chi connectivity index (χ1) is 15.3. The number of hydrogen-bond acceptors (Lipinski definition) is 7. The van der Waals surface area contributed by atoms with Gasteiger partial charge in [0.1, 0.15) is 10.7 Å². The smallest absolute Gasteiger partial charge is 0.271 e. The molecule has 4 heterocycles. The number of carbonyl (C=O) groups is 1. The molecular formula is C22H21N7OS. The van der Waals surface area contributed by atoms with Gasteiger partial charge in [-0.2, -0.15) is 5.10 Å². The van der Waals surface area contributed by atoms with Crippen LogP contribution in [0.5, 0.6) is 0 Å². The van der Waals surface area contributed by atoms with Gasteiger partial charge in [0.15, 0.2) is 0 Å². The highest BCUT2D eigenvalue weighted by Crippen LogP contribution is 2.24. The quantitative estimate of drug-likeness (QED) is 0.522. The Morgan fingerprint density at radius 3 is 2.81 bits per heavy atom. The molecule has 0 bridgehead atoms. The molecule has 4 aromatic rings. The zero-order chi connectivity index (χ0) is 21.0. The topological polar surface area (TPSA) is 88.8 Å². The van der Waals surface area contributed by atoms with Crippen molar-refractivity contribution in [1.29, 1.82) is 0 Å². The number of thiazole rings is 1. The van der Waals surface area contributed by atoms with E-state index < -0.39 is 0 Å². The maximum atomic E-state index is 12.8. The van der Waals surface area contributed by atoms with Gasteiger partial charge in [-0.15, -0.1) is 11.3 Å². The SMILES string of the molecule is O=C(NC1CCCN(c2ncccn2)C1)c1csc(-c2cnn(-c3ccccc3)c2)n1. The molecule has 1 saturated heterocycles. The number of amides is 1. The summed E-state index contributed by atoms with van der Waals surface area (Å²) in [5.74, 6) is 0.548. The van der Waals surface area contributed by atoms with Crippen LogP contribution in [0.3, 0.4) is 0 Å². The predicted molar refractivity (Wildman–Crippen MR) is 119 cm³/mol. The van der Waals surface area contributed by atoms with Gasteiger partial charge < -0.3 is 10.2 Å². The molecule has 1 aromatic carbocycles. The summed E-state index contributed by atoms with van der Waals surface area (Å²) in [4.78, 5) is 28.1. The van der Waals surface area contributed by atoms with Gasteiger partial charge in [-0.3, -0.25) is 4.79 Å². The van der Waals surface area contributed by atoms with Crippen LogP contribution in [0.4, 0.5) is 5.95 Å². The van der Waals surface area contributed by atoms with E-state index in [-0.39, 0.29) is 11.9 Å². The molecule has 9 heteroatoms. The highest BCUT2D eigenvalue weighted by atomic mass is 32.1.